The molecule has 0 aliphatic heterocycles. The fourth-order valence-corrected chi connectivity index (χ4v) is 1.72. The van der Waals surface area contributed by atoms with Crippen LogP contribution in [0, 0.1) is 0 Å². The third-order valence-electron chi connectivity index (χ3n) is 2.67. The van der Waals surface area contributed by atoms with Gasteiger partial charge >= 0.3 is 0 Å². The number of aryl methyl sites for hydroxylation is 2. The Labute approximate surface area is 100 Å². The fourth-order valence-electron chi connectivity index (χ4n) is 1.72. The normalized spacial score (nSPS) is 11.0. The zero-order chi connectivity index (χ0) is 12.3. The zero-order valence-corrected chi connectivity index (χ0v) is 10.4. The van der Waals surface area contributed by atoms with Crippen molar-refractivity contribution in [3.63, 3.8) is 0 Å². The van der Waals surface area contributed by atoms with Crippen LogP contribution in [0.15, 0.2) is 12.4 Å². The third kappa shape index (κ3) is 2.36. The molecule has 0 saturated carbocycles. The molecule has 0 spiro atoms. The lowest BCUT2D eigenvalue weighted by Crippen LogP contribution is -2.06. The van der Waals surface area contributed by atoms with E-state index in [1.807, 2.05) is 22.4 Å². The average molecular weight is 235 g/mol. The molecular weight excluding hydrogens is 218 g/mol. The van der Waals surface area contributed by atoms with Crippen LogP contribution in [0.4, 0.5) is 0 Å². The van der Waals surface area contributed by atoms with E-state index in [2.05, 4.69) is 22.2 Å². The number of ether oxygens (including phenoxy) is 1. The van der Waals surface area contributed by atoms with E-state index in [1.165, 1.54) is 0 Å². The summed E-state index contributed by atoms with van der Waals surface area (Å²) in [5.74, 6) is 0.830. The van der Waals surface area contributed by atoms with Crippen molar-refractivity contribution in [1.82, 2.24) is 24.5 Å². The predicted octanol–water partition coefficient (Wildman–Crippen LogP) is 0.887. The summed E-state index contributed by atoms with van der Waals surface area (Å²) in [5.41, 5.74) is 2.04. The van der Waals surface area contributed by atoms with Gasteiger partial charge in [0, 0.05) is 20.7 Å². The van der Waals surface area contributed by atoms with E-state index in [9.17, 15) is 0 Å². The van der Waals surface area contributed by atoms with Gasteiger partial charge in [-0.05, 0) is 12.5 Å². The third-order valence-corrected chi connectivity index (χ3v) is 2.67. The summed E-state index contributed by atoms with van der Waals surface area (Å²) in [6.45, 7) is 3.47. The lowest BCUT2D eigenvalue weighted by Gasteiger charge is -2.05. The number of aromatic nitrogens is 5. The van der Waals surface area contributed by atoms with Crippen molar-refractivity contribution in [2.75, 3.05) is 13.7 Å². The number of nitrogens with zero attached hydrogens (tertiary/aromatic N) is 5. The lowest BCUT2D eigenvalue weighted by atomic mass is 10.3. The van der Waals surface area contributed by atoms with Gasteiger partial charge in [0.2, 0.25) is 0 Å². The molecule has 6 heteroatoms. The van der Waals surface area contributed by atoms with E-state index in [0.717, 1.165) is 30.2 Å². The molecule has 0 radical (unpaired) electrons. The highest BCUT2D eigenvalue weighted by Crippen LogP contribution is 2.17. The summed E-state index contributed by atoms with van der Waals surface area (Å²) in [6.07, 6.45) is 2.63. The Kier molecular flexibility index (Phi) is 3.53. The summed E-state index contributed by atoms with van der Waals surface area (Å²) in [5, 5.41) is 12.5. The Morgan fingerprint density at radius 1 is 1.41 bits per heavy atom. The van der Waals surface area contributed by atoms with Gasteiger partial charge in [0.1, 0.15) is 12.0 Å². The van der Waals surface area contributed by atoms with Gasteiger partial charge in [-0.15, -0.1) is 10.2 Å². The van der Waals surface area contributed by atoms with Crippen molar-refractivity contribution in [2.45, 2.75) is 19.9 Å². The standard InChI is InChI=1S/C11H17N5O/c1-4-9-7-10(15(2)14-9)11-13-12-8-16(11)5-6-17-3/h7-8H,4-6H2,1-3H3. The SMILES string of the molecule is CCc1cc(-c2nncn2CCOC)n(C)n1. The first-order valence-electron chi connectivity index (χ1n) is 5.66. The molecule has 17 heavy (non-hydrogen) atoms. The molecule has 0 aromatic carbocycles. The molecular formula is C11H17N5O. The molecule has 2 rings (SSSR count). The first-order chi connectivity index (χ1) is 8.26. The first-order valence-corrected chi connectivity index (χ1v) is 5.66. The molecule has 2 aromatic rings. The summed E-state index contributed by atoms with van der Waals surface area (Å²) < 4.78 is 8.88. The second kappa shape index (κ2) is 5.09. The lowest BCUT2D eigenvalue weighted by molar-refractivity contribution is 0.187. The summed E-state index contributed by atoms with van der Waals surface area (Å²) in [7, 11) is 3.60. The summed E-state index contributed by atoms with van der Waals surface area (Å²) in [4.78, 5) is 0. The van der Waals surface area contributed by atoms with Gasteiger partial charge in [0.05, 0.1) is 12.3 Å². The molecule has 0 aliphatic carbocycles. The molecule has 2 heterocycles. The highest BCUT2D eigenvalue weighted by atomic mass is 16.5. The largest absolute Gasteiger partial charge is 0.383 e. The van der Waals surface area contributed by atoms with Crippen LogP contribution >= 0.6 is 0 Å². The van der Waals surface area contributed by atoms with E-state index in [0.29, 0.717) is 6.61 Å². The van der Waals surface area contributed by atoms with Crippen LogP contribution in [-0.4, -0.2) is 38.3 Å². The summed E-state index contributed by atoms with van der Waals surface area (Å²) >= 11 is 0. The molecule has 0 unspecified atom stereocenters. The topological polar surface area (TPSA) is 57.8 Å². The smallest absolute Gasteiger partial charge is 0.182 e. The number of methoxy groups -OCH3 is 1. The maximum Gasteiger partial charge on any atom is 0.182 e. The molecule has 6 nitrogen and oxygen atoms in total. The molecule has 0 bridgehead atoms. The van der Waals surface area contributed by atoms with Crippen molar-refractivity contribution in [2.24, 2.45) is 7.05 Å². The van der Waals surface area contributed by atoms with Gasteiger partial charge in [-0.3, -0.25) is 4.68 Å². The van der Waals surface area contributed by atoms with E-state index in [-0.39, 0.29) is 0 Å². The highest BCUT2D eigenvalue weighted by Gasteiger charge is 2.12. The Morgan fingerprint density at radius 3 is 2.88 bits per heavy atom. The van der Waals surface area contributed by atoms with E-state index in [4.69, 9.17) is 4.74 Å². The van der Waals surface area contributed by atoms with Crippen molar-refractivity contribution in [3.05, 3.63) is 18.1 Å². The van der Waals surface area contributed by atoms with Crippen molar-refractivity contribution >= 4 is 0 Å². The van der Waals surface area contributed by atoms with Crippen LogP contribution in [0.5, 0.6) is 0 Å². The van der Waals surface area contributed by atoms with Gasteiger partial charge in [0.15, 0.2) is 5.82 Å². The van der Waals surface area contributed by atoms with Crippen LogP contribution < -0.4 is 0 Å². The fraction of sp³-hybridized carbons (Fsp3) is 0.545. The predicted molar refractivity (Wildman–Crippen MR) is 63.5 cm³/mol. The Hall–Kier alpha value is -1.69. The second-order valence-corrected chi connectivity index (χ2v) is 3.84. The minimum atomic E-state index is 0.642. The molecule has 0 fully saturated rings. The van der Waals surface area contributed by atoms with Gasteiger partial charge in [0.25, 0.3) is 0 Å². The van der Waals surface area contributed by atoms with Crippen molar-refractivity contribution in [3.8, 4) is 11.5 Å². The van der Waals surface area contributed by atoms with E-state index >= 15 is 0 Å². The highest BCUT2D eigenvalue weighted by molar-refractivity contribution is 5.50. The number of hydrogen-bond acceptors (Lipinski definition) is 4. The van der Waals surface area contributed by atoms with Crippen LogP contribution in [0.3, 0.4) is 0 Å². The Morgan fingerprint density at radius 2 is 2.24 bits per heavy atom. The van der Waals surface area contributed by atoms with Gasteiger partial charge in [-0.1, -0.05) is 6.92 Å². The minimum Gasteiger partial charge on any atom is -0.383 e. The molecule has 0 atom stereocenters. The van der Waals surface area contributed by atoms with Crippen LogP contribution in [0.25, 0.3) is 11.5 Å². The maximum absolute atomic E-state index is 5.06. The molecule has 0 amide bonds. The first kappa shape index (κ1) is 11.8. The molecule has 0 N–H and O–H groups in total. The monoisotopic (exact) mass is 235 g/mol. The number of hydrogen-bond donors (Lipinski definition) is 0. The summed E-state index contributed by atoms with van der Waals surface area (Å²) in [6, 6.07) is 2.05. The molecule has 2 aromatic heterocycles. The van der Waals surface area contributed by atoms with Crippen molar-refractivity contribution < 1.29 is 4.74 Å². The average Bonchev–Trinajstić information content (AvgIpc) is 2.92. The minimum absolute atomic E-state index is 0.642. The quantitative estimate of drug-likeness (QED) is 0.772. The zero-order valence-electron chi connectivity index (χ0n) is 10.4. The molecule has 0 saturated heterocycles. The van der Waals surface area contributed by atoms with Crippen molar-refractivity contribution in [1.29, 1.82) is 0 Å². The van der Waals surface area contributed by atoms with E-state index < -0.39 is 0 Å². The Bertz CT molecular complexity index is 488. The van der Waals surface area contributed by atoms with Crippen LogP contribution in [-0.2, 0) is 24.8 Å². The van der Waals surface area contributed by atoms with Gasteiger partial charge in [-0.25, -0.2) is 0 Å². The Balaban J connectivity index is 2.32. The van der Waals surface area contributed by atoms with Crippen LogP contribution in [0.1, 0.15) is 12.6 Å². The maximum atomic E-state index is 5.06. The number of rotatable bonds is 5. The molecule has 92 valence electrons. The van der Waals surface area contributed by atoms with Gasteiger partial charge < -0.3 is 9.30 Å². The van der Waals surface area contributed by atoms with Crippen LogP contribution in [0.2, 0.25) is 0 Å². The van der Waals surface area contributed by atoms with Gasteiger partial charge in [-0.2, -0.15) is 5.10 Å². The second-order valence-electron chi connectivity index (χ2n) is 3.84. The van der Waals surface area contributed by atoms with E-state index in [1.54, 1.807) is 13.4 Å². The molecule has 0 aliphatic rings.